The van der Waals surface area contributed by atoms with Crippen LogP contribution in [0.3, 0.4) is 0 Å². The van der Waals surface area contributed by atoms with Gasteiger partial charge >= 0.3 is 0 Å². The third-order valence-electron chi connectivity index (χ3n) is 4.85. The molecule has 1 atom stereocenters. The molecule has 1 aliphatic heterocycles. The summed E-state index contributed by atoms with van der Waals surface area (Å²) in [4.78, 5) is 21.3. The van der Waals surface area contributed by atoms with Gasteiger partial charge in [0.15, 0.2) is 0 Å². The molecule has 24 heavy (non-hydrogen) atoms. The molecule has 0 N–H and O–H groups in total. The summed E-state index contributed by atoms with van der Waals surface area (Å²) in [5.41, 5.74) is 2.25. The van der Waals surface area contributed by atoms with Crippen LogP contribution in [0.4, 0.5) is 0 Å². The van der Waals surface area contributed by atoms with Gasteiger partial charge in [-0.1, -0.05) is 12.1 Å². The van der Waals surface area contributed by atoms with Crippen molar-refractivity contribution in [3.05, 3.63) is 30.1 Å². The van der Waals surface area contributed by atoms with Gasteiger partial charge < -0.3 is 9.47 Å². The van der Waals surface area contributed by atoms with Crippen molar-refractivity contribution < 1.29 is 4.79 Å². The van der Waals surface area contributed by atoms with Gasteiger partial charge in [0.2, 0.25) is 5.91 Å². The molecule has 0 spiro atoms. The Morgan fingerprint density at radius 1 is 1.33 bits per heavy atom. The zero-order valence-corrected chi connectivity index (χ0v) is 15.2. The highest BCUT2D eigenvalue weighted by Gasteiger charge is 2.28. The lowest BCUT2D eigenvalue weighted by Gasteiger charge is -2.33. The largest absolute Gasteiger partial charge is 0.349 e. The number of amides is 1. The molecule has 1 aromatic heterocycles. The molecular formula is C19H28N4O. The molecule has 2 aromatic rings. The van der Waals surface area contributed by atoms with Crippen molar-refractivity contribution in [1.82, 2.24) is 19.4 Å². The van der Waals surface area contributed by atoms with E-state index in [2.05, 4.69) is 41.5 Å². The Hall–Kier alpha value is -1.88. The lowest BCUT2D eigenvalue weighted by atomic mass is 9.97. The van der Waals surface area contributed by atoms with Gasteiger partial charge in [-0.05, 0) is 45.4 Å². The summed E-state index contributed by atoms with van der Waals surface area (Å²) >= 11 is 0. The smallest absolute Gasteiger partial charge is 0.226 e. The molecule has 3 rings (SSSR count). The first-order chi connectivity index (χ1) is 11.5. The fourth-order valence-electron chi connectivity index (χ4n) is 3.75. The van der Waals surface area contributed by atoms with Crippen molar-refractivity contribution >= 4 is 16.9 Å². The van der Waals surface area contributed by atoms with Gasteiger partial charge in [0.1, 0.15) is 5.82 Å². The SMILES string of the molecule is CC(C)n1c(CN2CCC[C@H](C(=O)N(C)C)C2)nc2ccccc21. The van der Waals surface area contributed by atoms with E-state index in [9.17, 15) is 4.79 Å². The van der Waals surface area contributed by atoms with E-state index in [1.807, 2.05) is 20.2 Å². The molecule has 130 valence electrons. The average molecular weight is 328 g/mol. The van der Waals surface area contributed by atoms with Gasteiger partial charge in [0, 0.05) is 26.7 Å². The highest BCUT2D eigenvalue weighted by atomic mass is 16.2. The summed E-state index contributed by atoms with van der Waals surface area (Å²) in [5, 5.41) is 0. The van der Waals surface area contributed by atoms with E-state index >= 15 is 0 Å². The van der Waals surface area contributed by atoms with Gasteiger partial charge in [-0.2, -0.15) is 0 Å². The van der Waals surface area contributed by atoms with Gasteiger partial charge in [0.25, 0.3) is 0 Å². The second-order valence-corrected chi connectivity index (χ2v) is 7.29. The minimum absolute atomic E-state index is 0.116. The Morgan fingerprint density at radius 2 is 2.08 bits per heavy atom. The number of para-hydroxylation sites is 2. The van der Waals surface area contributed by atoms with Crippen molar-refractivity contribution in [2.45, 2.75) is 39.3 Å². The molecule has 0 aliphatic carbocycles. The van der Waals surface area contributed by atoms with Crippen molar-refractivity contribution in [3.8, 4) is 0 Å². The van der Waals surface area contributed by atoms with E-state index in [0.29, 0.717) is 6.04 Å². The summed E-state index contributed by atoms with van der Waals surface area (Å²) in [6.07, 6.45) is 2.07. The minimum atomic E-state index is 0.116. The molecule has 5 nitrogen and oxygen atoms in total. The average Bonchev–Trinajstić information content (AvgIpc) is 2.92. The van der Waals surface area contributed by atoms with E-state index in [1.54, 1.807) is 4.90 Å². The number of imidazole rings is 1. The van der Waals surface area contributed by atoms with Crippen LogP contribution in [0.2, 0.25) is 0 Å². The van der Waals surface area contributed by atoms with Crippen LogP contribution < -0.4 is 0 Å². The first kappa shape index (κ1) is 17.0. The number of rotatable bonds is 4. The number of hydrogen-bond donors (Lipinski definition) is 0. The minimum Gasteiger partial charge on any atom is -0.349 e. The maximum Gasteiger partial charge on any atom is 0.226 e. The van der Waals surface area contributed by atoms with Crippen molar-refractivity contribution in [1.29, 1.82) is 0 Å². The van der Waals surface area contributed by atoms with Crippen LogP contribution in [0.5, 0.6) is 0 Å². The number of piperidine rings is 1. The summed E-state index contributed by atoms with van der Waals surface area (Å²) in [7, 11) is 3.69. The molecule has 1 aliphatic rings. The lowest BCUT2D eigenvalue weighted by Crippen LogP contribution is -2.42. The van der Waals surface area contributed by atoms with E-state index in [0.717, 1.165) is 43.8 Å². The molecule has 2 heterocycles. The summed E-state index contributed by atoms with van der Waals surface area (Å²) < 4.78 is 2.33. The Labute approximate surface area is 144 Å². The van der Waals surface area contributed by atoms with E-state index in [4.69, 9.17) is 4.98 Å². The van der Waals surface area contributed by atoms with E-state index in [-0.39, 0.29) is 11.8 Å². The predicted molar refractivity (Wildman–Crippen MR) is 96.8 cm³/mol. The van der Waals surface area contributed by atoms with Crippen molar-refractivity contribution in [2.75, 3.05) is 27.2 Å². The number of aromatic nitrogens is 2. The fraction of sp³-hybridized carbons (Fsp3) is 0.579. The Bertz CT molecular complexity index is 719. The number of likely N-dealkylation sites (tertiary alicyclic amines) is 1. The van der Waals surface area contributed by atoms with Gasteiger partial charge in [-0.15, -0.1) is 0 Å². The molecule has 1 amide bonds. The first-order valence-electron chi connectivity index (χ1n) is 8.86. The van der Waals surface area contributed by atoms with E-state index in [1.165, 1.54) is 5.52 Å². The maximum absolute atomic E-state index is 12.3. The van der Waals surface area contributed by atoms with Crippen LogP contribution in [0, 0.1) is 5.92 Å². The molecule has 1 fully saturated rings. The third-order valence-corrected chi connectivity index (χ3v) is 4.85. The second-order valence-electron chi connectivity index (χ2n) is 7.29. The third kappa shape index (κ3) is 3.31. The van der Waals surface area contributed by atoms with E-state index < -0.39 is 0 Å². The standard InChI is InChI=1S/C19H28N4O/c1-14(2)23-17-10-6-5-9-16(17)20-18(23)13-22-11-7-8-15(12-22)19(24)21(3)4/h5-6,9-10,14-15H,7-8,11-13H2,1-4H3/t15-/m0/s1. The number of benzene rings is 1. The fourth-order valence-corrected chi connectivity index (χ4v) is 3.75. The highest BCUT2D eigenvalue weighted by Crippen LogP contribution is 2.24. The van der Waals surface area contributed by atoms with Crippen LogP contribution in [-0.4, -0.2) is 52.4 Å². The number of fused-ring (bicyclic) bond motifs is 1. The second kappa shape index (κ2) is 6.93. The summed E-state index contributed by atoms with van der Waals surface area (Å²) in [6, 6.07) is 8.69. The number of hydrogen-bond acceptors (Lipinski definition) is 3. The molecular weight excluding hydrogens is 300 g/mol. The lowest BCUT2D eigenvalue weighted by molar-refractivity contribution is -0.134. The molecule has 0 radical (unpaired) electrons. The van der Waals surface area contributed by atoms with Crippen LogP contribution in [0.25, 0.3) is 11.0 Å². The molecule has 0 unspecified atom stereocenters. The summed E-state index contributed by atoms with van der Waals surface area (Å²) in [6.45, 7) is 7.08. The van der Waals surface area contributed by atoms with Crippen LogP contribution >= 0.6 is 0 Å². The molecule has 0 bridgehead atoms. The zero-order valence-electron chi connectivity index (χ0n) is 15.2. The Kier molecular flexibility index (Phi) is 4.90. The maximum atomic E-state index is 12.3. The number of carbonyl (C=O) groups is 1. The zero-order chi connectivity index (χ0) is 17.3. The summed E-state index contributed by atoms with van der Waals surface area (Å²) in [5.74, 6) is 1.46. The molecule has 1 saturated heterocycles. The molecule has 5 heteroatoms. The van der Waals surface area contributed by atoms with Gasteiger partial charge in [-0.25, -0.2) is 4.98 Å². The monoisotopic (exact) mass is 328 g/mol. The van der Waals surface area contributed by atoms with Crippen molar-refractivity contribution in [2.24, 2.45) is 5.92 Å². The van der Waals surface area contributed by atoms with Crippen LogP contribution in [0.1, 0.15) is 38.6 Å². The Morgan fingerprint density at radius 3 is 2.79 bits per heavy atom. The normalized spacial score (nSPS) is 19.1. The number of nitrogens with zero attached hydrogens (tertiary/aromatic N) is 4. The number of carbonyl (C=O) groups excluding carboxylic acids is 1. The molecule has 0 saturated carbocycles. The van der Waals surface area contributed by atoms with Crippen LogP contribution in [0.15, 0.2) is 24.3 Å². The van der Waals surface area contributed by atoms with Crippen LogP contribution in [-0.2, 0) is 11.3 Å². The Balaban J connectivity index is 1.82. The topological polar surface area (TPSA) is 41.4 Å². The first-order valence-corrected chi connectivity index (χ1v) is 8.86. The predicted octanol–water partition coefficient (Wildman–Crippen LogP) is 2.92. The highest BCUT2D eigenvalue weighted by molar-refractivity contribution is 5.78. The quantitative estimate of drug-likeness (QED) is 0.866. The van der Waals surface area contributed by atoms with Gasteiger partial charge in [-0.3, -0.25) is 9.69 Å². The van der Waals surface area contributed by atoms with Crippen molar-refractivity contribution in [3.63, 3.8) is 0 Å². The van der Waals surface area contributed by atoms with Gasteiger partial charge in [0.05, 0.1) is 23.5 Å². The molecule has 1 aromatic carbocycles.